The van der Waals surface area contributed by atoms with Crippen LogP contribution in [0.4, 0.5) is 0 Å². The lowest BCUT2D eigenvalue weighted by Gasteiger charge is -2.27. The Morgan fingerprint density at radius 3 is 2.65 bits per heavy atom. The van der Waals surface area contributed by atoms with Gasteiger partial charge in [0.2, 0.25) is 0 Å². The average molecular weight is 273 g/mol. The molecule has 5 heteroatoms. The van der Waals surface area contributed by atoms with E-state index in [1.54, 1.807) is 17.8 Å². The number of hydrogen-bond acceptors (Lipinski definition) is 4. The van der Waals surface area contributed by atoms with Crippen LogP contribution < -0.4 is 5.73 Å². The van der Waals surface area contributed by atoms with Crippen molar-refractivity contribution in [3.05, 3.63) is 53.9 Å². The predicted molar refractivity (Wildman–Crippen MR) is 75.9 cm³/mol. The average Bonchev–Trinajstić information content (AvgIpc) is 2.85. The Kier molecular flexibility index (Phi) is 4.20. The van der Waals surface area contributed by atoms with Crippen molar-refractivity contribution in [1.82, 2.24) is 9.78 Å². The van der Waals surface area contributed by atoms with Gasteiger partial charge in [-0.25, -0.2) is 4.79 Å². The molecule has 5 nitrogen and oxygen atoms in total. The van der Waals surface area contributed by atoms with Crippen molar-refractivity contribution >= 4 is 5.97 Å². The van der Waals surface area contributed by atoms with Crippen molar-refractivity contribution in [1.29, 1.82) is 0 Å². The second-order valence-electron chi connectivity index (χ2n) is 4.77. The molecule has 0 bridgehead atoms. The van der Waals surface area contributed by atoms with E-state index in [1.807, 2.05) is 43.5 Å². The van der Waals surface area contributed by atoms with Gasteiger partial charge >= 0.3 is 5.97 Å². The highest BCUT2D eigenvalue weighted by molar-refractivity contribution is 5.82. The van der Waals surface area contributed by atoms with Crippen LogP contribution in [0, 0.1) is 6.92 Å². The van der Waals surface area contributed by atoms with Crippen molar-refractivity contribution in [3.8, 4) is 0 Å². The molecule has 1 heterocycles. The Balaban J connectivity index is 2.36. The summed E-state index contributed by atoms with van der Waals surface area (Å²) in [6, 6.07) is 9.24. The van der Waals surface area contributed by atoms with Crippen LogP contribution >= 0.6 is 0 Å². The number of nitrogens with zero attached hydrogens (tertiary/aromatic N) is 2. The molecule has 20 heavy (non-hydrogen) atoms. The number of aromatic nitrogens is 2. The number of hydrogen-bond donors (Lipinski definition) is 1. The van der Waals surface area contributed by atoms with E-state index in [0.717, 1.165) is 5.56 Å². The van der Waals surface area contributed by atoms with E-state index < -0.39 is 11.5 Å². The van der Waals surface area contributed by atoms with Crippen molar-refractivity contribution in [2.45, 2.75) is 25.9 Å². The van der Waals surface area contributed by atoms with Gasteiger partial charge in [0.05, 0.1) is 19.3 Å². The molecule has 2 N–H and O–H groups in total. The normalized spacial score (nSPS) is 13.8. The van der Waals surface area contributed by atoms with Crippen LogP contribution in [-0.4, -0.2) is 22.4 Å². The summed E-state index contributed by atoms with van der Waals surface area (Å²) in [6.45, 7) is 4.24. The fourth-order valence-electron chi connectivity index (χ4n) is 2.08. The molecule has 2 rings (SSSR count). The van der Waals surface area contributed by atoms with Crippen molar-refractivity contribution in [2.24, 2.45) is 5.73 Å². The summed E-state index contributed by atoms with van der Waals surface area (Å²) in [5.41, 5.74) is 6.85. The van der Waals surface area contributed by atoms with Crippen LogP contribution in [0.1, 0.15) is 18.1 Å². The molecule has 0 spiro atoms. The van der Waals surface area contributed by atoms with Gasteiger partial charge in [0, 0.05) is 6.20 Å². The van der Waals surface area contributed by atoms with E-state index in [9.17, 15) is 4.79 Å². The molecule has 1 unspecified atom stereocenters. The minimum atomic E-state index is -1.24. The van der Waals surface area contributed by atoms with Crippen LogP contribution in [0.25, 0.3) is 0 Å². The van der Waals surface area contributed by atoms with Gasteiger partial charge in [-0.1, -0.05) is 30.3 Å². The first-order valence-corrected chi connectivity index (χ1v) is 6.57. The lowest BCUT2D eigenvalue weighted by Crippen LogP contribution is -2.49. The fraction of sp³-hybridized carbons (Fsp3) is 0.333. The number of rotatable bonds is 5. The second kappa shape index (κ2) is 5.88. The van der Waals surface area contributed by atoms with Gasteiger partial charge in [-0.3, -0.25) is 4.68 Å². The molecule has 0 aliphatic heterocycles. The van der Waals surface area contributed by atoms with Crippen LogP contribution in [0.2, 0.25) is 0 Å². The van der Waals surface area contributed by atoms with E-state index in [2.05, 4.69) is 5.10 Å². The third-order valence-electron chi connectivity index (χ3n) is 3.10. The largest absolute Gasteiger partial charge is 0.464 e. The molecule has 0 saturated heterocycles. The SMILES string of the molecule is CCOC(=O)C(N)(Cn1cc(C)cn1)c1ccccc1. The van der Waals surface area contributed by atoms with E-state index in [0.29, 0.717) is 12.2 Å². The molecule has 0 saturated carbocycles. The summed E-state index contributed by atoms with van der Waals surface area (Å²) < 4.78 is 6.80. The minimum absolute atomic E-state index is 0.240. The minimum Gasteiger partial charge on any atom is -0.464 e. The highest BCUT2D eigenvalue weighted by atomic mass is 16.5. The Hall–Kier alpha value is -2.14. The summed E-state index contributed by atoms with van der Waals surface area (Å²) in [5.74, 6) is -0.445. The molecule has 1 aromatic carbocycles. The van der Waals surface area contributed by atoms with Gasteiger partial charge in [-0.15, -0.1) is 0 Å². The van der Waals surface area contributed by atoms with E-state index in [-0.39, 0.29) is 6.54 Å². The maximum Gasteiger partial charge on any atom is 0.332 e. The molecule has 0 amide bonds. The van der Waals surface area contributed by atoms with Crippen LogP contribution in [0.3, 0.4) is 0 Å². The van der Waals surface area contributed by atoms with Crippen molar-refractivity contribution < 1.29 is 9.53 Å². The number of aryl methyl sites for hydroxylation is 1. The van der Waals surface area contributed by atoms with E-state index in [1.165, 1.54) is 0 Å². The van der Waals surface area contributed by atoms with E-state index >= 15 is 0 Å². The third-order valence-corrected chi connectivity index (χ3v) is 3.10. The quantitative estimate of drug-likeness (QED) is 0.840. The summed E-state index contributed by atoms with van der Waals surface area (Å²) in [4.78, 5) is 12.3. The monoisotopic (exact) mass is 273 g/mol. The number of benzene rings is 1. The first kappa shape index (κ1) is 14.3. The highest BCUT2D eigenvalue weighted by Gasteiger charge is 2.38. The molecule has 0 aliphatic rings. The first-order chi connectivity index (χ1) is 9.56. The van der Waals surface area contributed by atoms with Crippen molar-refractivity contribution in [3.63, 3.8) is 0 Å². The van der Waals surface area contributed by atoms with Crippen LogP contribution in [0.5, 0.6) is 0 Å². The Morgan fingerprint density at radius 2 is 2.10 bits per heavy atom. The molecule has 0 radical (unpaired) electrons. The Bertz CT molecular complexity index is 580. The highest BCUT2D eigenvalue weighted by Crippen LogP contribution is 2.22. The Labute approximate surface area is 118 Å². The number of carbonyl (C=O) groups is 1. The summed E-state index contributed by atoms with van der Waals surface area (Å²) in [6.07, 6.45) is 3.58. The zero-order valence-electron chi connectivity index (χ0n) is 11.7. The smallest absolute Gasteiger partial charge is 0.332 e. The molecule has 0 fully saturated rings. The topological polar surface area (TPSA) is 70.1 Å². The van der Waals surface area contributed by atoms with Gasteiger partial charge < -0.3 is 10.5 Å². The van der Waals surface area contributed by atoms with Gasteiger partial charge in [0.15, 0.2) is 5.54 Å². The van der Waals surface area contributed by atoms with Crippen LogP contribution in [0.15, 0.2) is 42.7 Å². The van der Waals surface area contributed by atoms with Gasteiger partial charge in [-0.05, 0) is 25.0 Å². The predicted octanol–water partition coefficient (Wildman–Crippen LogP) is 1.61. The lowest BCUT2D eigenvalue weighted by atomic mass is 9.91. The summed E-state index contributed by atoms with van der Waals surface area (Å²) >= 11 is 0. The molecule has 1 aromatic heterocycles. The van der Waals surface area contributed by atoms with Gasteiger partial charge in [0.25, 0.3) is 0 Å². The molecule has 106 valence electrons. The third kappa shape index (κ3) is 2.88. The van der Waals surface area contributed by atoms with Gasteiger partial charge in [-0.2, -0.15) is 5.10 Å². The molecule has 2 aromatic rings. The lowest BCUT2D eigenvalue weighted by molar-refractivity contribution is -0.150. The first-order valence-electron chi connectivity index (χ1n) is 6.57. The van der Waals surface area contributed by atoms with Gasteiger partial charge in [0.1, 0.15) is 0 Å². The zero-order chi connectivity index (χ0) is 14.6. The molecule has 1 atom stereocenters. The fourth-order valence-corrected chi connectivity index (χ4v) is 2.08. The van der Waals surface area contributed by atoms with E-state index in [4.69, 9.17) is 10.5 Å². The summed E-state index contributed by atoms with van der Waals surface area (Å²) in [7, 11) is 0. The molecular weight excluding hydrogens is 254 g/mol. The molecular formula is C15H19N3O2. The standard InChI is InChI=1S/C15H19N3O2/c1-3-20-14(19)15(16,13-7-5-4-6-8-13)11-18-10-12(2)9-17-18/h4-10H,3,11,16H2,1-2H3. The van der Waals surface area contributed by atoms with Crippen LogP contribution in [-0.2, 0) is 21.6 Å². The number of nitrogens with two attached hydrogens (primary N) is 1. The summed E-state index contributed by atoms with van der Waals surface area (Å²) in [5, 5.41) is 4.20. The number of carbonyl (C=O) groups excluding carboxylic acids is 1. The number of ether oxygens (including phenoxy) is 1. The second-order valence-corrected chi connectivity index (χ2v) is 4.77. The van der Waals surface area contributed by atoms with Crippen molar-refractivity contribution in [2.75, 3.05) is 6.61 Å². The maximum absolute atomic E-state index is 12.3. The maximum atomic E-state index is 12.3. The number of esters is 1. The Morgan fingerprint density at radius 1 is 1.40 bits per heavy atom. The zero-order valence-corrected chi connectivity index (χ0v) is 11.7. The molecule has 0 aliphatic carbocycles.